The van der Waals surface area contributed by atoms with Crippen molar-refractivity contribution in [2.75, 3.05) is 12.8 Å². The maximum Gasteiger partial charge on any atom is 0.306 e. The van der Waals surface area contributed by atoms with Crippen LogP contribution in [0.2, 0.25) is 0 Å². The van der Waals surface area contributed by atoms with Gasteiger partial charge in [-0.1, -0.05) is 30.3 Å². The summed E-state index contributed by atoms with van der Waals surface area (Å²) in [5, 5.41) is 3.21. The summed E-state index contributed by atoms with van der Waals surface area (Å²) in [6, 6.07) is 15.8. The third kappa shape index (κ3) is 5.79. The molecule has 0 aliphatic carbocycles. The van der Waals surface area contributed by atoms with E-state index in [-0.39, 0.29) is 17.6 Å². The van der Waals surface area contributed by atoms with Gasteiger partial charge in [-0.25, -0.2) is 0 Å². The molecule has 6 heteroatoms. The maximum absolute atomic E-state index is 12.4. The van der Waals surface area contributed by atoms with Crippen LogP contribution in [0.1, 0.15) is 22.8 Å². The third-order valence-corrected chi connectivity index (χ3v) is 3.98. The summed E-state index contributed by atoms with van der Waals surface area (Å²) in [5.74, 6) is 0.146. The highest BCUT2D eigenvalue weighted by molar-refractivity contribution is 7.86. The van der Waals surface area contributed by atoms with Gasteiger partial charge in [0, 0.05) is 5.56 Å². The van der Waals surface area contributed by atoms with Gasteiger partial charge in [0.25, 0.3) is 0 Å². The molecule has 1 unspecified atom stereocenters. The molecule has 0 radical (unpaired) electrons. The number of hydrogen-bond acceptors (Lipinski definition) is 5. The third-order valence-electron chi connectivity index (χ3n) is 3.49. The summed E-state index contributed by atoms with van der Waals surface area (Å²) in [5.41, 5.74) is 1.72. The van der Waals surface area contributed by atoms with Crippen LogP contribution in [0.5, 0.6) is 5.75 Å². The quantitative estimate of drug-likeness (QED) is 0.586. The van der Waals surface area contributed by atoms with E-state index in [0.717, 1.165) is 12.7 Å². The predicted octanol–water partition coefficient (Wildman–Crippen LogP) is 2.43. The average Bonchev–Trinajstić information content (AvgIpc) is 2.54. The molecule has 24 heavy (non-hydrogen) atoms. The van der Waals surface area contributed by atoms with Crippen LogP contribution in [0.4, 0.5) is 0 Å². The second kappa shape index (κ2) is 8.08. The zero-order valence-corrected chi connectivity index (χ0v) is 14.5. The lowest BCUT2D eigenvalue weighted by molar-refractivity contribution is 0.0951. The Balaban J connectivity index is 1.88. The minimum absolute atomic E-state index is 0.0473. The van der Waals surface area contributed by atoms with E-state index < -0.39 is 10.1 Å². The summed E-state index contributed by atoms with van der Waals surface area (Å²) < 4.78 is 26.9. The summed E-state index contributed by atoms with van der Waals surface area (Å²) in [6.45, 7) is 2.51. The lowest BCUT2D eigenvalue weighted by atomic mass is 10.0. The molecule has 0 bridgehead atoms. The van der Waals surface area contributed by atoms with E-state index in [2.05, 4.69) is 17.4 Å². The van der Waals surface area contributed by atoms with Gasteiger partial charge in [-0.05, 0) is 49.7 Å². The minimum Gasteiger partial charge on any atom is -0.383 e. The van der Waals surface area contributed by atoms with Crippen molar-refractivity contribution < 1.29 is 17.4 Å². The molecule has 2 rings (SSSR count). The van der Waals surface area contributed by atoms with Gasteiger partial charge in [-0.2, -0.15) is 8.42 Å². The fourth-order valence-electron chi connectivity index (χ4n) is 2.27. The number of benzene rings is 2. The number of Topliss-reactive ketones (excluding diaryl/α,β-unsaturated/α-hetero) is 1. The Morgan fingerprint density at radius 2 is 1.71 bits per heavy atom. The molecule has 5 nitrogen and oxygen atoms in total. The van der Waals surface area contributed by atoms with E-state index in [1.165, 1.54) is 17.7 Å². The van der Waals surface area contributed by atoms with Crippen molar-refractivity contribution in [3.05, 3.63) is 65.7 Å². The standard InChI is InChI=1S/C18H21NO4S/c1-14(19-13-12-15-6-4-3-5-7-15)18(20)16-8-10-17(11-9-16)23-24(2,21)22/h3-11,14,19H,12-13H2,1-2H3. The van der Waals surface area contributed by atoms with Crippen LogP contribution in [0.3, 0.4) is 0 Å². The van der Waals surface area contributed by atoms with Gasteiger partial charge in [0.15, 0.2) is 5.78 Å². The Morgan fingerprint density at radius 3 is 2.29 bits per heavy atom. The molecule has 2 aromatic rings. The smallest absolute Gasteiger partial charge is 0.306 e. The van der Waals surface area contributed by atoms with Crippen LogP contribution in [0.15, 0.2) is 54.6 Å². The molecule has 0 spiro atoms. The maximum atomic E-state index is 12.4. The van der Waals surface area contributed by atoms with Crippen molar-refractivity contribution >= 4 is 15.9 Å². The van der Waals surface area contributed by atoms with E-state index in [1.54, 1.807) is 12.1 Å². The van der Waals surface area contributed by atoms with Crippen LogP contribution in [0, 0.1) is 0 Å². The van der Waals surface area contributed by atoms with E-state index >= 15 is 0 Å². The molecular formula is C18H21NO4S. The first-order valence-corrected chi connectivity index (χ1v) is 9.48. The fraction of sp³-hybridized carbons (Fsp3) is 0.278. The second-order valence-corrected chi connectivity index (χ2v) is 7.16. The van der Waals surface area contributed by atoms with E-state index in [0.29, 0.717) is 12.1 Å². The SMILES string of the molecule is CC(NCCc1ccccc1)C(=O)c1ccc(OS(C)(=O)=O)cc1. The van der Waals surface area contributed by atoms with Gasteiger partial charge in [0.05, 0.1) is 12.3 Å². The number of carbonyl (C=O) groups is 1. The zero-order valence-electron chi connectivity index (χ0n) is 13.7. The van der Waals surface area contributed by atoms with Crippen molar-refractivity contribution in [3.63, 3.8) is 0 Å². The average molecular weight is 347 g/mol. The number of nitrogens with one attached hydrogen (secondary N) is 1. The lowest BCUT2D eigenvalue weighted by Crippen LogP contribution is -2.35. The summed E-state index contributed by atoms with van der Waals surface area (Å²) in [6.07, 6.45) is 1.82. The Bertz CT molecular complexity index is 770. The molecule has 0 fully saturated rings. The molecule has 1 atom stereocenters. The van der Waals surface area contributed by atoms with Gasteiger partial charge in [0.2, 0.25) is 0 Å². The summed E-state index contributed by atoms with van der Waals surface area (Å²) >= 11 is 0. The Hall–Kier alpha value is -2.18. The van der Waals surface area contributed by atoms with Crippen molar-refractivity contribution in [1.29, 1.82) is 0 Å². The van der Waals surface area contributed by atoms with Crippen LogP contribution >= 0.6 is 0 Å². The monoisotopic (exact) mass is 347 g/mol. The molecule has 0 saturated heterocycles. The molecule has 0 aromatic heterocycles. The van der Waals surface area contributed by atoms with Gasteiger partial charge in [-0.3, -0.25) is 4.79 Å². The Morgan fingerprint density at radius 1 is 1.08 bits per heavy atom. The normalized spacial score (nSPS) is 12.6. The van der Waals surface area contributed by atoms with Crippen LogP contribution in [-0.2, 0) is 16.5 Å². The molecule has 0 aliphatic rings. The molecule has 1 N–H and O–H groups in total. The fourth-order valence-corrected chi connectivity index (χ4v) is 2.73. The van der Waals surface area contributed by atoms with Gasteiger partial charge in [-0.15, -0.1) is 0 Å². The highest BCUT2D eigenvalue weighted by Crippen LogP contribution is 2.15. The van der Waals surface area contributed by atoms with Gasteiger partial charge < -0.3 is 9.50 Å². The minimum atomic E-state index is -3.56. The molecule has 128 valence electrons. The van der Waals surface area contributed by atoms with Gasteiger partial charge in [0.1, 0.15) is 5.75 Å². The van der Waals surface area contributed by atoms with Crippen molar-refractivity contribution in [3.8, 4) is 5.75 Å². The first kappa shape index (κ1) is 18.2. The predicted molar refractivity (Wildman–Crippen MR) is 93.9 cm³/mol. The van der Waals surface area contributed by atoms with E-state index in [9.17, 15) is 13.2 Å². The number of carbonyl (C=O) groups excluding carboxylic acids is 1. The lowest BCUT2D eigenvalue weighted by Gasteiger charge is -2.13. The molecule has 0 saturated carbocycles. The first-order valence-electron chi connectivity index (χ1n) is 7.66. The summed E-state index contributed by atoms with van der Waals surface area (Å²) in [4.78, 5) is 12.4. The molecule has 0 amide bonds. The molecule has 0 aliphatic heterocycles. The van der Waals surface area contributed by atoms with Crippen molar-refractivity contribution in [2.24, 2.45) is 0 Å². The van der Waals surface area contributed by atoms with Crippen LogP contribution in [0.25, 0.3) is 0 Å². The molecular weight excluding hydrogens is 326 g/mol. The molecule has 0 heterocycles. The highest BCUT2D eigenvalue weighted by Gasteiger charge is 2.15. The van der Waals surface area contributed by atoms with Crippen molar-refractivity contribution in [2.45, 2.75) is 19.4 Å². The first-order chi connectivity index (χ1) is 11.3. The van der Waals surface area contributed by atoms with Crippen molar-refractivity contribution in [1.82, 2.24) is 5.32 Å². The van der Waals surface area contributed by atoms with E-state index in [4.69, 9.17) is 4.18 Å². The Kier molecular flexibility index (Phi) is 6.11. The summed E-state index contributed by atoms with van der Waals surface area (Å²) in [7, 11) is -3.56. The van der Waals surface area contributed by atoms with Crippen LogP contribution in [-0.4, -0.2) is 33.0 Å². The largest absolute Gasteiger partial charge is 0.383 e. The van der Waals surface area contributed by atoms with E-state index in [1.807, 2.05) is 25.1 Å². The van der Waals surface area contributed by atoms with Crippen LogP contribution < -0.4 is 9.50 Å². The zero-order chi connectivity index (χ0) is 17.6. The second-order valence-electron chi connectivity index (χ2n) is 5.59. The Labute approximate surface area is 142 Å². The number of hydrogen-bond donors (Lipinski definition) is 1. The number of ketones is 1. The number of rotatable bonds is 8. The molecule has 2 aromatic carbocycles. The van der Waals surface area contributed by atoms with Gasteiger partial charge >= 0.3 is 10.1 Å². The highest BCUT2D eigenvalue weighted by atomic mass is 32.2. The topological polar surface area (TPSA) is 72.5 Å².